The van der Waals surface area contributed by atoms with E-state index in [9.17, 15) is 19.8 Å². The van der Waals surface area contributed by atoms with E-state index in [0.29, 0.717) is 23.4 Å². The first-order valence-electron chi connectivity index (χ1n) is 11.0. The summed E-state index contributed by atoms with van der Waals surface area (Å²) in [4.78, 5) is 27.4. The summed E-state index contributed by atoms with van der Waals surface area (Å²) < 4.78 is 0. The summed E-state index contributed by atoms with van der Waals surface area (Å²) in [5.74, 6) is 0.336. The van der Waals surface area contributed by atoms with Crippen molar-refractivity contribution in [3.05, 3.63) is 58.1 Å². The number of Topliss-reactive ketones (excluding diaryl/α,β-unsaturated/α-hetero) is 1. The standard InChI is InChI=1S/C26H33N3O4.BrH/c1-25(2,3)19-11-15(12-20(22(19)31)26(4,5)6)21(30)14-29-13-16-10-17(28(7)24(32)33)8-9-18(16)23(29)27;/h8-12,27,31H,13-14H2,1-7H3,(H,32,33);1H. The summed E-state index contributed by atoms with van der Waals surface area (Å²) in [6.45, 7) is 12.4. The third-order valence-corrected chi connectivity index (χ3v) is 6.08. The molecular weight excluding hydrogens is 498 g/mol. The molecule has 0 saturated heterocycles. The van der Waals surface area contributed by atoms with Gasteiger partial charge in [0.05, 0.1) is 6.54 Å². The van der Waals surface area contributed by atoms with Gasteiger partial charge in [-0.1, -0.05) is 41.5 Å². The fourth-order valence-electron chi connectivity index (χ4n) is 4.05. The van der Waals surface area contributed by atoms with Crippen LogP contribution in [0.25, 0.3) is 0 Å². The molecule has 0 unspecified atom stereocenters. The molecule has 0 atom stereocenters. The lowest BCUT2D eigenvalue weighted by Crippen LogP contribution is -2.30. The molecule has 3 N–H and O–H groups in total. The number of aromatic hydroxyl groups is 1. The maximum absolute atomic E-state index is 13.3. The Balaban J connectivity index is 0.00000408. The maximum atomic E-state index is 13.3. The predicted octanol–water partition coefficient (Wildman–Crippen LogP) is 5.70. The van der Waals surface area contributed by atoms with Crippen molar-refractivity contribution in [1.82, 2.24) is 4.90 Å². The second-order valence-electron chi connectivity index (χ2n) is 10.7. The number of benzene rings is 2. The summed E-state index contributed by atoms with van der Waals surface area (Å²) in [5, 5.41) is 28.7. The van der Waals surface area contributed by atoms with Crippen LogP contribution in [0, 0.1) is 5.41 Å². The van der Waals surface area contributed by atoms with Crippen molar-refractivity contribution in [2.24, 2.45) is 0 Å². The van der Waals surface area contributed by atoms with Gasteiger partial charge < -0.3 is 15.1 Å². The molecule has 0 spiro atoms. The Bertz CT molecular complexity index is 1110. The second-order valence-corrected chi connectivity index (χ2v) is 10.7. The summed E-state index contributed by atoms with van der Waals surface area (Å²) in [5.41, 5.74) is 3.30. The zero-order valence-corrected chi connectivity index (χ0v) is 22.5. The fraction of sp³-hybridized carbons (Fsp3) is 0.423. The van der Waals surface area contributed by atoms with Crippen LogP contribution in [-0.4, -0.2) is 46.4 Å². The van der Waals surface area contributed by atoms with E-state index in [-0.39, 0.29) is 51.7 Å². The number of hydrogen-bond donors (Lipinski definition) is 3. The number of ketones is 1. The number of fused-ring (bicyclic) bond motifs is 1. The number of carbonyl (C=O) groups is 2. The molecule has 184 valence electrons. The van der Waals surface area contributed by atoms with Crippen molar-refractivity contribution in [3.63, 3.8) is 0 Å². The van der Waals surface area contributed by atoms with Crippen molar-refractivity contribution >= 4 is 40.4 Å². The van der Waals surface area contributed by atoms with Gasteiger partial charge in [-0.05, 0) is 46.7 Å². The number of phenols is 1. The number of halogens is 1. The number of hydrogen-bond acceptors (Lipinski definition) is 4. The molecule has 1 aliphatic heterocycles. The Hall–Kier alpha value is -2.87. The van der Waals surface area contributed by atoms with Gasteiger partial charge in [-0.3, -0.25) is 15.1 Å². The van der Waals surface area contributed by atoms with Crippen molar-refractivity contribution < 1.29 is 19.8 Å². The van der Waals surface area contributed by atoms with Crippen molar-refractivity contribution in [2.75, 3.05) is 18.5 Å². The zero-order valence-electron chi connectivity index (χ0n) is 20.8. The molecule has 0 bridgehead atoms. The van der Waals surface area contributed by atoms with Crippen molar-refractivity contribution in [1.29, 1.82) is 5.41 Å². The topological polar surface area (TPSA) is 105 Å². The minimum absolute atomic E-state index is 0. The molecule has 0 fully saturated rings. The molecule has 1 aliphatic rings. The van der Waals surface area contributed by atoms with E-state index in [4.69, 9.17) is 5.41 Å². The van der Waals surface area contributed by atoms with Gasteiger partial charge in [0.1, 0.15) is 11.6 Å². The van der Waals surface area contributed by atoms with Gasteiger partial charge in [0.15, 0.2) is 5.78 Å². The summed E-state index contributed by atoms with van der Waals surface area (Å²) in [7, 11) is 1.47. The van der Waals surface area contributed by atoms with Crippen LogP contribution in [0.1, 0.15) is 74.2 Å². The Morgan fingerprint density at radius 2 is 1.56 bits per heavy atom. The molecule has 0 aliphatic carbocycles. The van der Waals surface area contributed by atoms with E-state index in [2.05, 4.69) is 0 Å². The third-order valence-electron chi connectivity index (χ3n) is 6.08. The smallest absolute Gasteiger partial charge is 0.411 e. The first-order valence-corrected chi connectivity index (χ1v) is 11.0. The first-order chi connectivity index (χ1) is 15.1. The van der Waals surface area contributed by atoms with Gasteiger partial charge >= 0.3 is 6.09 Å². The number of nitrogens with zero attached hydrogens (tertiary/aromatic N) is 2. The molecule has 34 heavy (non-hydrogen) atoms. The van der Waals surface area contributed by atoms with E-state index in [1.165, 1.54) is 7.05 Å². The molecule has 1 amide bonds. The Morgan fingerprint density at radius 3 is 2.03 bits per heavy atom. The number of anilines is 1. The molecule has 0 saturated carbocycles. The molecular formula is C26H34BrN3O4. The van der Waals surface area contributed by atoms with Crippen LogP contribution in [0.2, 0.25) is 0 Å². The largest absolute Gasteiger partial charge is 0.507 e. The maximum Gasteiger partial charge on any atom is 0.411 e. The highest BCUT2D eigenvalue weighted by Gasteiger charge is 2.30. The average molecular weight is 532 g/mol. The predicted molar refractivity (Wildman–Crippen MR) is 140 cm³/mol. The van der Waals surface area contributed by atoms with Crippen LogP contribution < -0.4 is 4.90 Å². The lowest BCUT2D eigenvalue weighted by Gasteiger charge is -2.28. The van der Waals surface area contributed by atoms with E-state index in [1.807, 2.05) is 41.5 Å². The van der Waals surface area contributed by atoms with Crippen molar-refractivity contribution in [2.45, 2.75) is 58.9 Å². The molecule has 0 radical (unpaired) electrons. The molecule has 2 aromatic rings. The lowest BCUT2D eigenvalue weighted by atomic mass is 9.78. The van der Waals surface area contributed by atoms with Crippen LogP contribution >= 0.6 is 17.0 Å². The van der Waals surface area contributed by atoms with Gasteiger partial charge in [-0.2, -0.15) is 0 Å². The number of carbonyl (C=O) groups excluding carboxylic acids is 1. The number of rotatable bonds is 4. The fourth-order valence-corrected chi connectivity index (χ4v) is 4.05. The third kappa shape index (κ3) is 5.27. The van der Waals surface area contributed by atoms with Gasteiger partial charge in [-0.25, -0.2) is 4.79 Å². The summed E-state index contributed by atoms with van der Waals surface area (Å²) in [6.07, 6.45) is -1.06. The first kappa shape index (κ1) is 27.4. The van der Waals surface area contributed by atoms with Crippen molar-refractivity contribution in [3.8, 4) is 5.75 Å². The van der Waals surface area contributed by atoms with Crippen LogP contribution in [0.15, 0.2) is 30.3 Å². The molecule has 8 heteroatoms. The monoisotopic (exact) mass is 531 g/mol. The highest BCUT2D eigenvalue weighted by molar-refractivity contribution is 8.93. The summed E-state index contributed by atoms with van der Waals surface area (Å²) >= 11 is 0. The SMILES string of the molecule is Br.CN(C(=O)O)c1ccc2c(c1)CN(CC(=O)c1cc(C(C)(C)C)c(O)c(C(C)(C)C)c1)C2=N. The molecule has 0 aromatic heterocycles. The van der Waals surface area contributed by atoms with E-state index in [0.717, 1.165) is 21.6 Å². The van der Waals surface area contributed by atoms with Gasteiger partial charge in [0.25, 0.3) is 0 Å². The zero-order chi connectivity index (χ0) is 24.9. The number of phenolic OH excluding ortho intramolecular Hbond substituents is 1. The number of carboxylic acid groups (broad SMARTS) is 1. The van der Waals surface area contributed by atoms with E-state index >= 15 is 0 Å². The Kier molecular flexibility index (Phi) is 7.57. The minimum atomic E-state index is -1.06. The molecule has 1 heterocycles. The van der Waals surface area contributed by atoms with E-state index in [1.54, 1.807) is 35.2 Å². The number of amidine groups is 1. The van der Waals surface area contributed by atoms with Crippen LogP contribution in [0.4, 0.5) is 10.5 Å². The van der Waals surface area contributed by atoms with Crippen LogP contribution in [-0.2, 0) is 17.4 Å². The number of nitrogens with one attached hydrogen (secondary N) is 1. The molecule has 2 aromatic carbocycles. The lowest BCUT2D eigenvalue weighted by molar-refractivity contribution is 0.0962. The highest BCUT2D eigenvalue weighted by Crippen LogP contribution is 2.40. The Morgan fingerprint density at radius 1 is 1.03 bits per heavy atom. The van der Waals surface area contributed by atoms with Crippen LogP contribution in [0.3, 0.4) is 0 Å². The minimum Gasteiger partial charge on any atom is -0.507 e. The molecule has 3 rings (SSSR count). The van der Waals surface area contributed by atoms with Gasteiger partial charge in [0, 0.05) is 41.5 Å². The highest BCUT2D eigenvalue weighted by atomic mass is 79.9. The second kappa shape index (κ2) is 9.41. The summed E-state index contributed by atoms with van der Waals surface area (Å²) in [6, 6.07) is 8.67. The van der Waals surface area contributed by atoms with E-state index < -0.39 is 6.09 Å². The normalized spacial score (nSPS) is 13.4. The van der Waals surface area contributed by atoms with Gasteiger partial charge in [0.2, 0.25) is 0 Å². The Labute approximate surface area is 211 Å². The number of amides is 1. The average Bonchev–Trinajstić information content (AvgIpc) is 3.00. The quantitative estimate of drug-likeness (QED) is 0.438. The molecule has 7 nitrogen and oxygen atoms in total. The van der Waals surface area contributed by atoms with Gasteiger partial charge in [-0.15, -0.1) is 17.0 Å². The van der Waals surface area contributed by atoms with Crippen LogP contribution in [0.5, 0.6) is 5.75 Å².